The molecule has 1 nitrogen and oxygen atoms in total. The van der Waals surface area contributed by atoms with Crippen molar-refractivity contribution in [2.45, 2.75) is 13.0 Å². The third-order valence-electron chi connectivity index (χ3n) is 1.91. The van der Waals surface area contributed by atoms with Crippen LogP contribution in [0.5, 0.6) is 0 Å². The Balaban J connectivity index is 2.25. The van der Waals surface area contributed by atoms with E-state index in [9.17, 15) is 0 Å². The van der Waals surface area contributed by atoms with E-state index in [2.05, 4.69) is 25.2 Å². The van der Waals surface area contributed by atoms with Crippen molar-refractivity contribution in [1.82, 2.24) is 0 Å². The molecule has 54 valence electrons. The van der Waals surface area contributed by atoms with Crippen molar-refractivity contribution in [2.24, 2.45) is 5.92 Å². The maximum absolute atomic E-state index is 5.51. The number of hydrogen-bond donors (Lipinski definition) is 0. The van der Waals surface area contributed by atoms with Gasteiger partial charge in [0.1, 0.15) is 0 Å². The quantitative estimate of drug-likeness (QED) is 0.529. The Hall–Kier alpha value is -0.210. The summed E-state index contributed by atoms with van der Waals surface area (Å²) in [4.78, 5) is 1.40. The standard InChI is InChI=1S/C8H10OS/c1-6-3-2-4-7-8(6)9-5-10-7/h2-4,6,8H,5H2,1H3. The van der Waals surface area contributed by atoms with E-state index in [0.717, 1.165) is 5.94 Å². The highest BCUT2D eigenvalue weighted by atomic mass is 32.2. The van der Waals surface area contributed by atoms with Gasteiger partial charge in [0, 0.05) is 10.8 Å². The highest BCUT2D eigenvalue weighted by Gasteiger charge is 2.27. The van der Waals surface area contributed by atoms with Crippen molar-refractivity contribution in [2.75, 3.05) is 5.94 Å². The number of fused-ring (bicyclic) bond motifs is 1. The summed E-state index contributed by atoms with van der Waals surface area (Å²) in [5, 5.41) is 0. The lowest BCUT2D eigenvalue weighted by Gasteiger charge is -2.17. The van der Waals surface area contributed by atoms with Gasteiger partial charge in [0.25, 0.3) is 0 Å². The number of hydrogen-bond acceptors (Lipinski definition) is 2. The van der Waals surface area contributed by atoms with E-state index in [0.29, 0.717) is 12.0 Å². The maximum Gasteiger partial charge on any atom is 0.0973 e. The molecule has 2 atom stereocenters. The van der Waals surface area contributed by atoms with Crippen LogP contribution in [0, 0.1) is 5.92 Å². The molecule has 1 heterocycles. The Labute approximate surface area is 65.1 Å². The van der Waals surface area contributed by atoms with E-state index in [1.54, 1.807) is 0 Å². The lowest BCUT2D eigenvalue weighted by molar-refractivity contribution is 0.108. The van der Waals surface area contributed by atoms with Crippen molar-refractivity contribution < 1.29 is 4.74 Å². The molecule has 1 fully saturated rings. The lowest BCUT2D eigenvalue weighted by atomic mass is 10.00. The summed E-state index contributed by atoms with van der Waals surface area (Å²) in [6.45, 7) is 2.19. The fourth-order valence-corrected chi connectivity index (χ4v) is 2.29. The van der Waals surface area contributed by atoms with Crippen LogP contribution in [0.25, 0.3) is 0 Å². The summed E-state index contributed by atoms with van der Waals surface area (Å²) in [5.74, 6) is 1.40. The maximum atomic E-state index is 5.51. The highest BCUT2D eigenvalue weighted by Crippen LogP contribution is 2.36. The summed E-state index contributed by atoms with van der Waals surface area (Å²) in [6.07, 6.45) is 6.84. The van der Waals surface area contributed by atoms with Gasteiger partial charge in [-0.15, -0.1) is 0 Å². The SMILES string of the molecule is CC1C=CC=C2SCOC21. The summed E-state index contributed by atoms with van der Waals surface area (Å²) in [7, 11) is 0. The van der Waals surface area contributed by atoms with Gasteiger partial charge in [0.2, 0.25) is 0 Å². The molecular formula is C8H10OS. The molecule has 0 spiro atoms. The molecule has 0 bridgehead atoms. The van der Waals surface area contributed by atoms with Crippen molar-refractivity contribution in [3.05, 3.63) is 23.1 Å². The van der Waals surface area contributed by atoms with Gasteiger partial charge >= 0.3 is 0 Å². The van der Waals surface area contributed by atoms with E-state index >= 15 is 0 Å². The highest BCUT2D eigenvalue weighted by molar-refractivity contribution is 8.03. The first-order valence-electron chi connectivity index (χ1n) is 3.51. The second-order valence-corrected chi connectivity index (χ2v) is 3.66. The van der Waals surface area contributed by atoms with Crippen LogP contribution in [0.4, 0.5) is 0 Å². The molecule has 10 heavy (non-hydrogen) atoms. The Morgan fingerprint density at radius 3 is 3.40 bits per heavy atom. The van der Waals surface area contributed by atoms with Crippen LogP contribution < -0.4 is 0 Å². The fourth-order valence-electron chi connectivity index (χ4n) is 1.32. The van der Waals surface area contributed by atoms with Gasteiger partial charge in [-0.1, -0.05) is 36.9 Å². The zero-order valence-corrected chi connectivity index (χ0v) is 6.73. The predicted molar refractivity (Wildman–Crippen MR) is 43.7 cm³/mol. The minimum absolute atomic E-state index is 0.370. The topological polar surface area (TPSA) is 9.23 Å². The normalized spacial score (nSPS) is 37.5. The first kappa shape index (κ1) is 6.50. The van der Waals surface area contributed by atoms with Gasteiger partial charge < -0.3 is 4.74 Å². The molecule has 1 saturated heterocycles. The zero-order chi connectivity index (χ0) is 6.97. The average Bonchev–Trinajstić information content (AvgIpc) is 2.36. The Morgan fingerprint density at radius 2 is 2.60 bits per heavy atom. The van der Waals surface area contributed by atoms with Gasteiger partial charge in [-0.05, 0) is 0 Å². The third-order valence-corrected chi connectivity index (χ3v) is 2.86. The van der Waals surface area contributed by atoms with Crippen LogP contribution in [0.3, 0.4) is 0 Å². The molecule has 2 unspecified atom stereocenters. The van der Waals surface area contributed by atoms with Crippen LogP contribution in [0.2, 0.25) is 0 Å². The molecule has 2 heteroatoms. The first-order chi connectivity index (χ1) is 4.88. The van der Waals surface area contributed by atoms with Crippen LogP contribution in [-0.4, -0.2) is 12.0 Å². The van der Waals surface area contributed by atoms with E-state index in [4.69, 9.17) is 4.74 Å². The molecule has 0 aromatic heterocycles. The lowest BCUT2D eigenvalue weighted by Crippen LogP contribution is -2.17. The van der Waals surface area contributed by atoms with Crippen LogP contribution in [-0.2, 0) is 4.74 Å². The summed E-state index contributed by atoms with van der Waals surface area (Å²) in [6, 6.07) is 0. The van der Waals surface area contributed by atoms with Gasteiger partial charge in [-0.2, -0.15) is 0 Å². The number of ether oxygens (including phenoxy) is 1. The van der Waals surface area contributed by atoms with Crippen molar-refractivity contribution >= 4 is 11.8 Å². The molecule has 0 amide bonds. The number of thioether (sulfide) groups is 1. The monoisotopic (exact) mass is 154 g/mol. The van der Waals surface area contributed by atoms with Crippen molar-refractivity contribution in [3.8, 4) is 0 Å². The van der Waals surface area contributed by atoms with Gasteiger partial charge in [0.15, 0.2) is 0 Å². The van der Waals surface area contributed by atoms with E-state index in [1.165, 1.54) is 4.91 Å². The first-order valence-corrected chi connectivity index (χ1v) is 4.49. The minimum atomic E-state index is 0.370. The molecular weight excluding hydrogens is 144 g/mol. The average molecular weight is 154 g/mol. The van der Waals surface area contributed by atoms with Gasteiger partial charge in [-0.3, -0.25) is 0 Å². The number of rotatable bonds is 0. The van der Waals surface area contributed by atoms with Gasteiger partial charge in [-0.25, -0.2) is 0 Å². The van der Waals surface area contributed by atoms with E-state index in [-0.39, 0.29) is 0 Å². The molecule has 2 aliphatic rings. The van der Waals surface area contributed by atoms with Gasteiger partial charge in [0.05, 0.1) is 12.0 Å². The fraction of sp³-hybridized carbons (Fsp3) is 0.500. The Morgan fingerprint density at radius 1 is 1.70 bits per heavy atom. The minimum Gasteiger partial charge on any atom is -0.361 e. The zero-order valence-electron chi connectivity index (χ0n) is 5.91. The molecule has 1 aliphatic heterocycles. The molecule has 0 aromatic carbocycles. The smallest absolute Gasteiger partial charge is 0.0973 e. The Kier molecular flexibility index (Phi) is 1.58. The molecule has 1 aliphatic carbocycles. The summed E-state index contributed by atoms with van der Waals surface area (Å²) in [5.41, 5.74) is 0. The van der Waals surface area contributed by atoms with Crippen molar-refractivity contribution in [1.29, 1.82) is 0 Å². The second kappa shape index (κ2) is 2.44. The van der Waals surface area contributed by atoms with E-state index in [1.807, 2.05) is 11.8 Å². The van der Waals surface area contributed by atoms with Crippen LogP contribution in [0.15, 0.2) is 23.1 Å². The second-order valence-electron chi connectivity index (χ2n) is 2.66. The molecule has 0 aromatic rings. The molecule has 2 rings (SSSR count). The van der Waals surface area contributed by atoms with Crippen LogP contribution in [0.1, 0.15) is 6.92 Å². The summed E-state index contributed by atoms with van der Waals surface area (Å²) < 4.78 is 5.51. The van der Waals surface area contributed by atoms with Crippen molar-refractivity contribution in [3.63, 3.8) is 0 Å². The number of allylic oxidation sites excluding steroid dienone is 2. The van der Waals surface area contributed by atoms with Crippen LogP contribution >= 0.6 is 11.8 Å². The predicted octanol–water partition coefficient (Wildman–Crippen LogP) is 2.17. The summed E-state index contributed by atoms with van der Waals surface area (Å²) >= 11 is 1.82. The van der Waals surface area contributed by atoms with E-state index < -0.39 is 0 Å². The molecule has 0 radical (unpaired) electrons. The third kappa shape index (κ3) is 0.917. The Bertz CT molecular complexity index is 195. The molecule has 0 saturated carbocycles. The largest absolute Gasteiger partial charge is 0.361 e. The molecule has 0 N–H and O–H groups in total.